The monoisotopic (exact) mass is 462 g/mol. The number of aliphatic imine (C=N–C) groups is 1. The van der Waals surface area contributed by atoms with Crippen LogP contribution in [-0.2, 0) is 12.0 Å². The van der Waals surface area contributed by atoms with E-state index in [9.17, 15) is 4.39 Å². The highest BCUT2D eigenvalue weighted by molar-refractivity contribution is 7.15. The van der Waals surface area contributed by atoms with E-state index in [-0.39, 0.29) is 11.2 Å². The Morgan fingerprint density at radius 1 is 1.15 bits per heavy atom. The first-order chi connectivity index (χ1) is 16.1. The molecule has 8 nitrogen and oxygen atoms in total. The molecule has 1 saturated carbocycles. The first-order valence-corrected chi connectivity index (χ1v) is 11.5. The fourth-order valence-electron chi connectivity index (χ4n) is 3.94. The van der Waals surface area contributed by atoms with Crippen LogP contribution < -0.4 is 11.1 Å². The van der Waals surface area contributed by atoms with E-state index < -0.39 is 0 Å². The van der Waals surface area contributed by atoms with E-state index in [0.29, 0.717) is 36.1 Å². The Hall–Kier alpha value is -3.66. The summed E-state index contributed by atoms with van der Waals surface area (Å²) in [6, 6.07) is 12.7. The predicted molar refractivity (Wildman–Crippen MR) is 127 cm³/mol. The number of hydrogen-bond donors (Lipinski definition) is 3. The molecule has 33 heavy (non-hydrogen) atoms. The zero-order valence-corrected chi connectivity index (χ0v) is 18.6. The van der Waals surface area contributed by atoms with Gasteiger partial charge in [0.2, 0.25) is 0 Å². The average molecular weight is 463 g/mol. The molecule has 1 aliphatic carbocycles. The number of halogens is 1. The second-order valence-corrected chi connectivity index (χ2v) is 9.23. The van der Waals surface area contributed by atoms with Gasteiger partial charge in [-0.05, 0) is 55.3 Å². The lowest BCUT2D eigenvalue weighted by Gasteiger charge is -2.41. The summed E-state index contributed by atoms with van der Waals surface area (Å²) in [5.74, 6) is 0.840. The highest BCUT2D eigenvalue weighted by Crippen LogP contribution is 2.43. The van der Waals surface area contributed by atoms with Gasteiger partial charge in [0.15, 0.2) is 0 Å². The molecule has 0 bridgehead atoms. The molecule has 5 rings (SSSR count). The van der Waals surface area contributed by atoms with Crippen molar-refractivity contribution >= 4 is 23.0 Å². The van der Waals surface area contributed by atoms with Gasteiger partial charge in [0.05, 0.1) is 22.8 Å². The molecule has 0 saturated heterocycles. The van der Waals surface area contributed by atoms with Crippen molar-refractivity contribution in [2.45, 2.75) is 31.2 Å². The Balaban J connectivity index is 1.22. The largest absolute Gasteiger partial charge is 0.382 e. The van der Waals surface area contributed by atoms with Crippen molar-refractivity contribution in [1.29, 1.82) is 0 Å². The Morgan fingerprint density at radius 2 is 2.06 bits per heavy atom. The van der Waals surface area contributed by atoms with Crippen molar-refractivity contribution in [3.63, 3.8) is 0 Å². The average Bonchev–Trinajstić information content (AvgIpc) is 3.51. The third-order valence-electron chi connectivity index (χ3n) is 5.94. The van der Waals surface area contributed by atoms with Crippen LogP contribution in [0.3, 0.4) is 0 Å². The number of anilines is 1. The molecule has 0 spiro atoms. The fourth-order valence-corrected chi connectivity index (χ4v) is 4.84. The number of nitrogens with two attached hydrogens (primary N) is 1. The number of H-pyrrole nitrogens is 1. The maximum absolute atomic E-state index is 14.3. The Morgan fingerprint density at radius 3 is 2.76 bits per heavy atom. The van der Waals surface area contributed by atoms with Crippen molar-refractivity contribution in [2.75, 3.05) is 11.9 Å². The summed E-state index contributed by atoms with van der Waals surface area (Å²) < 4.78 is 14.3. The number of aromatic amines is 1. The predicted octanol–water partition coefficient (Wildman–Crippen LogP) is 3.90. The third kappa shape index (κ3) is 4.47. The molecule has 0 aliphatic heterocycles. The van der Waals surface area contributed by atoms with Gasteiger partial charge in [-0.2, -0.15) is 5.10 Å². The van der Waals surface area contributed by atoms with Crippen molar-refractivity contribution in [3.8, 4) is 10.6 Å². The number of amidine groups is 1. The van der Waals surface area contributed by atoms with Gasteiger partial charge < -0.3 is 11.1 Å². The number of pyridine rings is 1. The number of nitrogens with zero attached hydrogens (tertiary/aromatic N) is 5. The summed E-state index contributed by atoms with van der Waals surface area (Å²) in [5, 5.41) is 18.7. The van der Waals surface area contributed by atoms with Crippen LogP contribution in [-0.4, -0.2) is 37.8 Å². The van der Waals surface area contributed by atoms with Crippen molar-refractivity contribution in [3.05, 3.63) is 76.9 Å². The lowest BCUT2D eigenvalue weighted by Crippen LogP contribution is -2.42. The van der Waals surface area contributed by atoms with E-state index in [0.717, 1.165) is 34.7 Å². The Bertz CT molecular complexity index is 1250. The fraction of sp³-hybridized carbons (Fsp3) is 0.261. The topological polar surface area (TPSA) is 118 Å². The summed E-state index contributed by atoms with van der Waals surface area (Å²) in [4.78, 5) is 10.8. The SMILES string of the molecule is NC(=NCc1ccc(-c2ccc(NCC3(c4ncccc4F)CCC3)nn2)s1)c1ccn[nH]1. The number of nitrogens with one attached hydrogen (secondary N) is 2. The lowest BCUT2D eigenvalue weighted by atomic mass is 9.66. The molecule has 0 unspecified atom stereocenters. The van der Waals surface area contributed by atoms with E-state index in [2.05, 4.69) is 35.7 Å². The van der Waals surface area contributed by atoms with Crippen LogP contribution in [0.15, 0.2) is 59.9 Å². The molecule has 4 aromatic heterocycles. The molecule has 0 amide bonds. The normalized spacial score (nSPS) is 15.2. The standard InChI is InChI=1S/C23H23FN8S/c24-16-3-1-11-26-21(16)23(9-2-10-23)14-28-20-7-5-17(31-32-20)19-6-4-15(33-19)13-27-22(25)18-8-12-29-30-18/h1,3-8,11-12H,2,9-10,13-14H2,(H2,25,27)(H,28,32)(H,29,30). The van der Waals surface area contributed by atoms with Crippen LogP contribution >= 0.6 is 11.3 Å². The van der Waals surface area contributed by atoms with E-state index >= 15 is 0 Å². The van der Waals surface area contributed by atoms with Gasteiger partial charge >= 0.3 is 0 Å². The summed E-state index contributed by atoms with van der Waals surface area (Å²) in [6.07, 6.45) is 6.18. The van der Waals surface area contributed by atoms with Crippen molar-refractivity contribution in [1.82, 2.24) is 25.4 Å². The molecule has 168 valence electrons. The van der Waals surface area contributed by atoms with E-state index in [1.165, 1.54) is 6.07 Å². The van der Waals surface area contributed by atoms with Crippen molar-refractivity contribution < 1.29 is 4.39 Å². The van der Waals surface area contributed by atoms with Crippen LogP contribution in [0.4, 0.5) is 10.2 Å². The first kappa shape index (κ1) is 21.2. The van der Waals surface area contributed by atoms with Gasteiger partial charge in [-0.25, -0.2) is 4.39 Å². The number of hydrogen-bond acceptors (Lipinski definition) is 7. The molecule has 0 atom stereocenters. The summed E-state index contributed by atoms with van der Waals surface area (Å²) >= 11 is 1.60. The maximum atomic E-state index is 14.3. The summed E-state index contributed by atoms with van der Waals surface area (Å²) in [5.41, 5.74) is 7.71. The van der Waals surface area contributed by atoms with E-state index in [4.69, 9.17) is 5.73 Å². The Kier molecular flexibility index (Phi) is 5.82. The van der Waals surface area contributed by atoms with E-state index in [1.807, 2.05) is 24.3 Å². The summed E-state index contributed by atoms with van der Waals surface area (Å²) in [6.45, 7) is 1.06. The van der Waals surface area contributed by atoms with Gasteiger partial charge in [0.25, 0.3) is 0 Å². The van der Waals surface area contributed by atoms with Crippen molar-refractivity contribution in [2.24, 2.45) is 10.7 Å². The molecular formula is C23H23FN8S. The molecule has 4 N–H and O–H groups in total. The second-order valence-electron chi connectivity index (χ2n) is 8.06. The molecule has 0 radical (unpaired) electrons. The zero-order valence-electron chi connectivity index (χ0n) is 17.8. The lowest BCUT2D eigenvalue weighted by molar-refractivity contribution is 0.243. The van der Waals surface area contributed by atoms with Gasteiger partial charge in [-0.3, -0.25) is 15.1 Å². The molecule has 4 aromatic rings. The van der Waals surface area contributed by atoms with Crippen LogP contribution in [0, 0.1) is 5.82 Å². The molecule has 4 heterocycles. The quantitative estimate of drug-likeness (QED) is 0.270. The molecule has 10 heteroatoms. The minimum Gasteiger partial charge on any atom is -0.382 e. The molecular weight excluding hydrogens is 439 g/mol. The minimum atomic E-state index is -0.285. The molecule has 1 fully saturated rings. The van der Waals surface area contributed by atoms with Crippen LogP contribution in [0.25, 0.3) is 10.6 Å². The summed E-state index contributed by atoms with van der Waals surface area (Å²) in [7, 11) is 0. The van der Waals surface area contributed by atoms with Crippen LogP contribution in [0.5, 0.6) is 0 Å². The van der Waals surface area contributed by atoms with Crippen LogP contribution in [0.1, 0.15) is 35.5 Å². The number of thiophene rings is 1. The van der Waals surface area contributed by atoms with Gasteiger partial charge in [-0.1, -0.05) is 6.42 Å². The second kappa shape index (κ2) is 9.07. The maximum Gasteiger partial charge on any atom is 0.148 e. The smallest absolute Gasteiger partial charge is 0.148 e. The first-order valence-electron chi connectivity index (χ1n) is 10.7. The highest BCUT2D eigenvalue weighted by Gasteiger charge is 2.41. The number of aromatic nitrogens is 5. The Labute approximate surface area is 194 Å². The zero-order chi connectivity index (χ0) is 22.7. The van der Waals surface area contributed by atoms with Gasteiger partial charge in [-0.15, -0.1) is 21.5 Å². The molecule has 1 aliphatic rings. The number of rotatable bonds is 8. The van der Waals surface area contributed by atoms with Gasteiger partial charge in [0.1, 0.15) is 23.2 Å². The minimum absolute atomic E-state index is 0.246. The van der Waals surface area contributed by atoms with E-state index in [1.54, 1.807) is 35.9 Å². The third-order valence-corrected chi connectivity index (χ3v) is 7.03. The van der Waals surface area contributed by atoms with Gasteiger partial charge in [0, 0.05) is 29.2 Å². The molecule has 0 aromatic carbocycles. The highest BCUT2D eigenvalue weighted by atomic mass is 32.1. The van der Waals surface area contributed by atoms with Crippen LogP contribution in [0.2, 0.25) is 0 Å².